The van der Waals surface area contributed by atoms with Crippen LogP contribution in [0.2, 0.25) is 0 Å². The van der Waals surface area contributed by atoms with Gasteiger partial charge in [0.15, 0.2) is 0 Å². The first-order valence-corrected chi connectivity index (χ1v) is 5.45. The predicted octanol–water partition coefficient (Wildman–Crippen LogP) is 1.28. The average molecular weight is 211 g/mol. The minimum Gasteiger partial charge on any atom is -0.383 e. The van der Waals surface area contributed by atoms with E-state index < -0.39 is 0 Å². The van der Waals surface area contributed by atoms with E-state index >= 15 is 0 Å². The first-order valence-electron chi connectivity index (χ1n) is 5.45. The van der Waals surface area contributed by atoms with Crippen LogP contribution in [0.3, 0.4) is 0 Å². The summed E-state index contributed by atoms with van der Waals surface area (Å²) in [5.74, 6) is 0. The zero-order chi connectivity index (χ0) is 11.1. The highest BCUT2D eigenvalue weighted by Gasteiger charge is 2.01. The minimum atomic E-state index is 0.431. The Morgan fingerprint density at radius 3 is 3.00 bits per heavy atom. The molecule has 1 atom stereocenters. The van der Waals surface area contributed by atoms with E-state index in [1.807, 2.05) is 6.20 Å². The predicted molar refractivity (Wildman–Crippen MR) is 61.0 cm³/mol. The van der Waals surface area contributed by atoms with Crippen molar-refractivity contribution < 1.29 is 4.74 Å². The molecular formula is C11H21N3O. The molecular weight excluding hydrogens is 190 g/mol. The van der Waals surface area contributed by atoms with Gasteiger partial charge >= 0.3 is 0 Å². The highest BCUT2D eigenvalue weighted by atomic mass is 16.5. The Labute approximate surface area is 91.4 Å². The van der Waals surface area contributed by atoms with Crippen molar-refractivity contribution in [3.05, 3.63) is 17.5 Å². The maximum atomic E-state index is 5.05. The van der Waals surface area contributed by atoms with Gasteiger partial charge in [-0.25, -0.2) is 0 Å². The minimum absolute atomic E-state index is 0.431. The molecule has 0 saturated carbocycles. The molecule has 0 bridgehead atoms. The molecule has 0 spiro atoms. The summed E-state index contributed by atoms with van der Waals surface area (Å²) >= 11 is 0. The van der Waals surface area contributed by atoms with Crippen molar-refractivity contribution >= 4 is 0 Å². The number of ether oxygens (including phenoxy) is 1. The topological polar surface area (TPSA) is 49.9 Å². The van der Waals surface area contributed by atoms with Crippen molar-refractivity contribution in [3.8, 4) is 0 Å². The molecule has 1 aromatic heterocycles. The number of nitrogens with zero attached hydrogens (tertiary/aromatic N) is 1. The van der Waals surface area contributed by atoms with E-state index in [4.69, 9.17) is 4.74 Å². The second-order valence-corrected chi connectivity index (χ2v) is 3.93. The molecule has 4 nitrogen and oxygen atoms in total. The molecule has 15 heavy (non-hydrogen) atoms. The molecule has 86 valence electrons. The number of hydrogen-bond donors (Lipinski definition) is 2. The quantitative estimate of drug-likeness (QED) is 0.668. The number of rotatable bonds is 7. The summed E-state index contributed by atoms with van der Waals surface area (Å²) in [5, 5.41) is 10.4. The van der Waals surface area contributed by atoms with Gasteiger partial charge in [-0.1, -0.05) is 0 Å². The fraction of sp³-hybridized carbons (Fsp3) is 0.727. The van der Waals surface area contributed by atoms with Crippen LogP contribution in [-0.2, 0) is 11.2 Å². The number of hydrogen-bond acceptors (Lipinski definition) is 3. The van der Waals surface area contributed by atoms with Crippen LogP contribution < -0.4 is 5.32 Å². The number of methoxy groups -OCH3 is 1. The third-order valence-electron chi connectivity index (χ3n) is 2.47. The summed E-state index contributed by atoms with van der Waals surface area (Å²) in [7, 11) is 1.73. The van der Waals surface area contributed by atoms with Crippen molar-refractivity contribution in [2.75, 3.05) is 20.3 Å². The zero-order valence-corrected chi connectivity index (χ0v) is 9.84. The van der Waals surface area contributed by atoms with Gasteiger partial charge in [0, 0.05) is 18.8 Å². The highest BCUT2D eigenvalue weighted by molar-refractivity contribution is 5.14. The fourth-order valence-corrected chi connectivity index (χ4v) is 1.56. The molecule has 0 saturated heterocycles. The molecule has 4 heteroatoms. The number of nitrogens with one attached hydrogen (secondary N) is 2. The van der Waals surface area contributed by atoms with E-state index in [2.05, 4.69) is 29.4 Å². The first kappa shape index (κ1) is 12.2. The molecule has 1 unspecified atom stereocenters. The van der Waals surface area contributed by atoms with Gasteiger partial charge in [0.1, 0.15) is 0 Å². The van der Waals surface area contributed by atoms with Crippen LogP contribution in [-0.4, -0.2) is 36.5 Å². The maximum Gasteiger partial charge on any atom is 0.0613 e. The molecule has 0 aromatic carbocycles. The molecule has 0 fully saturated rings. The van der Waals surface area contributed by atoms with Gasteiger partial charge in [-0.3, -0.25) is 5.10 Å². The van der Waals surface area contributed by atoms with Gasteiger partial charge in [0.25, 0.3) is 0 Å². The Kier molecular flexibility index (Phi) is 5.36. The average Bonchev–Trinajstić information content (AvgIpc) is 2.60. The largest absolute Gasteiger partial charge is 0.383 e. The van der Waals surface area contributed by atoms with Crippen LogP contribution >= 0.6 is 0 Å². The van der Waals surface area contributed by atoms with E-state index in [0.29, 0.717) is 6.04 Å². The third kappa shape index (κ3) is 4.44. The van der Waals surface area contributed by atoms with Gasteiger partial charge in [-0.15, -0.1) is 0 Å². The molecule has 1 aromatic rings. The smallest absolute Gasteiger partial charge is 0.0613 e. The summed E-state index contributed by atoms with van der Waals surface area (Å²) in [6.07, 6.45) is 4.12. The molecule has 0 amide bonds. The van der Waals surface area contributed by atoms with Gasteiger partial charge in [-0.2, -0.15) is 5.10 Å². The van der Waals surface area contributed by atoms with Gasteiger partial charge < -0.3 is 10.1 Å². The van der Waals surface area contributed by atoms with E-state index in [1.54, 1.807) is 7.11 Å². The van der Waals surface area contributed by atoms with Gasteiger partial charge in [-0.05, 0) is 38.8 Å². The standard InChI is InChI=1S/C11H21N3O/c1-9(8-15-3)12-6-4-5-11-7-13-14-10(11)2/h7,9,12H,4-6,8H2,1-3H3,(H,13,14). The second kappa shape index (κ2) is 6.58. The Bertz CT molecular complexity index is 273. The number of aromatic amines is 1. The monoisotopic (exact) mass is 211 g/mol. The van der Waals surface area contributed by atoms with Crippen LogP contribution in [0.4, 0.5) is 0 Å². The van der Waals surface area contributed by atoms with Crippen molar-refractivity contribution in [1.82, 2.24) is 15.5 Å². The molecule has 0 radical (unpaired) electrons. The van der Waals surface area contributed by atoms with Crippen molar-refractivity contribution in [3.63, 3.8) is 0 Å². The van der Waals surface area contributed by atoms with E-state index in [1.165, 1.54) is 11.3 Å². The molecule has 0 aliphatic carbocycles. The number of aromatic nitrogens is 2. The fourth-order valence-electron chi connectivity index (χ4n) is 1.56. The van der Waals surface area contributed by atoms with Crippen LogP contribution in [0.5, 0.6) is 0 Å². The van der Waals surface area contributed by atoms with Crippen LogP contribution in [0, 0.1) is 6.92 Å². The summed E-state index contributed by atoms with van der Waals surface area (Å²) in [6, 6.07) is 0.431. The molecule has 0 aliphatic rings. The zero-order valence-electron chi connectivity index (χ0n) is 9.84. The Morgan fingerprint density at radius 2 is 2.40 bits per heavy atom. The maximum absolute atomic E-state index is 5.05. The van der Waals surface area contributed by atoms with E-state index in [0.717, 1.165) is 26.0 Å². The van der Waals surface area contributed by atoms with Crippen LogP contribution in [0.25, 0.3) is 0 Å². The Hall–Kier alpha value is -0.870. The number of aryl methyl sites for hydroxylation is 2. The summed E-state index contributed by atoms with van der Waals surface area (Å²) in [5.41, 5.74) is 2.50. The lowest BCUT2D eigenvalue weighted by atomic mass is 10.1. The lowest BCUT2D eigenvalue weighted by Crippen LogP contribution is -2.31. The first-order chi connectivity index (χ1) is 7.24. The molecule has 2 N–H and O–H groups in total. The molecule has 1 heterocycles. The van der Waals surface area contributed by atoms with Crippen molar-refractivity contribution in [1.29, 1.82) is 0 Å². The molecule has 1 rings (SSSR count). The summed E-state index contributed by atoms with van der Waals surface area (Å²) in [4.78, 5) is 0. The highest BCUT2D eigenvalue weighted by Crippen LogP contribution is 2.05. The Balaban J connectivity index is 2.09. The van der Waals surface area contributed by atoms with E-state index in [-0.39, 0.29) is 0 Å². The van der Waals surface area contributed by atoms with Gasteiger partial charge in [0.2, 0.25) is 0 Å². The summed E-state index contributed by atoms with van der Waals surface area (Å²) < 4.78 is 5.05. The normalized spacial score (nSPS) is 13.0. The van der Waals surface area contributed by atoms with Gasteiger partial charge in [0.05, 0.1) is 12.8 Å². The number of H-pyrrole nitrogens is 1. The van der Waals surface area contributed by atoms with E-state index in [9.17, 15) is 0 Å². The van der Waals surface area contributed by atoms with Crippen LogP contribution in [0.15, 0.2) is 6.20 Å². The van der Waals surface area contributed by atoms with Crippen molar-refractivity contribution in [2.45, 2.75) is 32.7 Å². The summed E-state index contributed by atoms with van der Waals surface area (Å²) in [6.45, 7) is 5.98. The Morgan fingerprint density at radius 1 is 1.60 bits per heavy atom. The SMILES string of the molecule is COCC(C)NCCCc1cn[nH]c1C. The van der Waals surface area contributed by atoms with Crippen LogP contribution in [0.1, 0.15) is 24.6 Å². The second-order valence-electron chi connectivity index (χ2n) is 3.93. The van der Waals surface area contributed by atoms with Crippen molar-refractivity contribution in [2.24, 2.45) is 0 Å². The lowest BCUT2D eigenvalue weighted by Gasteiger charge is -2.11. The third-order valence-corrected chi connectivity index (χ3v) is 2.47. The molecule has 0 aliphatic heterocycles. The lowest BCUT2D eigenvalue weighted by molar-refractivity contribution is 0.172.